The summed E-state index contributed by atoms with van der Waals surface area (Å²) >= 11 is 0. The quantitative estimate of drug-likeness (QED) is 0.431. The summed E-state index contributed by atoms with van der Waals surface area (Å²) in [6.07, 6.45) is 4.29. The Morgan fingerprint density at radius 2 is 2.03 bits per heavy atom. The number of benzene rings is 1. The van der Waals surface area contributed by atoms with Crippen LogP contribution in [0.3, 0.4) is 0 Å². The predicted octanol–water partition coefficient (Wildman–Crippen LogP) is 2.05. The van der Waals surface area contributed by atoms with Crippen LogP contribution in [0.2, 0.25) is 0 Å². The topological polar surface area (TPSA) is 116 Å². The minimum Gasteiger partial charge on any atom is -0.496 e. The molecule has 150 valence electrons. The fourth-order valence-electron chi connectivity index (χ4n) is 2.51. The van der Waals surface area contributed by atoms with Gasteiger partial charge in [0.15, 0.2) is 0 Å². The summed E-state index contributed by atoms with van der Waals surface area (Å²) < 4.78 is 15.4. The zero-order valence-electron chi connectivity index (χ0n) is 15.8. The van der Waals surface area contributed by atoms with Crippen molar-refractivity contribution in [3.05, 3.63) is 60.2 Å². The van der Waals surface area contributed by atoms with Crippen LogP contribution in [0.25, 0.3) is 11.4 Å². The third-order valence-electron chi connectivity index (χ3n) is 3.93. The number of carbonyl (C=O) groups excluding carboxylic acids is 2. The molecule has 0 aliphatic rings. The van der Waals surface area contributed by atoms with Crippen molar-refractivity contribution in [1.82, 2.24) is 20.4 Å². The molecule has 0 radical (unpaired) electrons. The summed E-state index contributed by atoms with van der Waals surface area (Å²) in [6.45, 7) is -0.0590. The summed E-state index contributed by atoms with van der Waals surface area (Å²) in [7, 11) is 1.48. The largest absolute Gasteiger partial charge is 0.496 e. The van der Waals surface area contributed by atoms with Crippen LogP contribution in [0.5, 0.6) is 5.75 Å². The van der Waals surface area contributed by atoms with E-state index in [1.165, 1.54) is 7.11 Å². The molecule has 1 amide bonds. The van der Waals surface area contributed by atoms with E-state index in [-0.39, 0.29) is 13.2 Å². The highest BCUT2D eigenvalue weighted by Gasteiger charge is 2.13. The second-order valence-corrected chi connectivity index (χ2v) is 5.96. The number of para-hydroxylation sites is 1. The van der Waals surface area contributed by atoms with Crippen molar-refractivity contribution in [3.8, 4) is 17.1 Å². The number of aromatic nitrogens is 3. The van der Waals surface area contributed by atoms with E-state index in [2.05, 4.69) is 20.4 Å². The first-order valence-corrected chi connectivity index (χ1v) is 8.97. The standard InChI is InChI=1S/C20H20N4O5/c1-27-16-8-3-2-7-15(16)20(26)22-13-18(25)28-11-5-9-17-23-19(24-29-17)14-6-4-10-21-12-14/h2-4,6-8,10,12H,5,9,11,13H2,1H3,(H,22,26). The SMILES string of the molecule is COc1ccccc1C(=O)NCC(=O)OCCCc1nc(-c2cccnc2)no1. The molecule has 9 nitrogen and oxygen atoms in total. The number of carbonyl (C=O) groups is 2. The van der Waals surface area contributed by atoms with E-state index in [1.807, 2.05) is 6.07 Å². The van der Waals surface area contributed by atoms with Crippen molar-refractivity contribution in [3.63, 3.8) is 0 Å². The first kappa shape index (κ1) is 20.0. The molecule has 1 aromatic carbocycles. The van der Waals surface area contributed by atoms with Crippen LogP contribution in [-0.2, 0) is 16.0 Å². The fourth-order valence-corrected chi connectivity index (χ4v) is 2.51. The predicted molar refractivity (Wildman–Crippen MR) is 102 cm³/mol. The lowest BCUT2D eigenvalue weighted by Crippen LogP contribution is -2.31. The number of hydrogen-bond donors (Lipinski definition) is 1. The molecule has 2 heterocycles. The molecular formula is C20H20N4O5. The summed E-state index contributed by atoms with van der Waals surface area (Å²) in [5.74, 6) is 0.403. The first-order chi connectivity index (χ1) is 14.2. The summed E-state index contributed by atoms with van der Waals surface area (Å²) in [5.41, 5.74) is 1.11. The van der Waals surface area contributed by atoms with Crippen molar-refractivity contribution in [2.24, 2.45) is 0 Å². The lowest BCUT2D eigenvalue weighted by molar-refractivity contribution is -0.142. The van der Waals surface area contributed by atoms with Crippen molar-refractivity contribution >= 4 is 11.9 Å². The molecule has 3 rings (SSSR count). The van der Waals surface area contributed by atoms with Gasteiger partial charge in [0.1, 0.15) is 12.3 Å². The van der Waals surface area contributed by atoms with E-state index in [0.29, 0.717) is 35.9 Å². The summed E-state index contributed by atoms with van der Waals surface area (Å²) in [5, 5.41) is 6.41. The van der Waals surface area contributed by atoms with Crippen molar-refractivity contribution in [1.29, 1.82) is 0 Å². The van der Waals surface area contributed by atoms with Crippen LogP contribution in [0, 0.1) is 0 Å². The molecule has 0 saturated heterocycles. The number of nitrogens with one attached hydrogen (secondary N) is 1. The molecule has 0 spiro atoms. The van der Waals surface area contributed by atoms with Gasteiger partial charge in [-0.25, -0.2) is 0 Å². The number of esters is 1. The van der Waals surface area contributed by atoms with Crippen molar-refractivity contribution in [2.45, 2.75) is 12.8 Å². The average molecular weight is 396 g/mol. The van der Waals surface area contributed by atoms with Crippen molar-refractivity contribution in [2.75, 3.05) is 20.3 Å². The molecule has 29 heavy (non-hydrogen) atoms. The highest BCUT2D eigenvalue weighted by Crippen LogP contribution is 2.17. The van der Waals surface area contributed by atoms with Crippen LogP contribution < -0.4 is 10.1 Å². The van der Waals surface area contributed by atoms with Gasteiger partial charge in [-0.3, -0.25) is 14.6 Å². The molecular weight excluding hydrogens is 376 g/mol. The summed E-state index contributed by atoms with van der Waals surface area (Å²) in [4.78, 5) is 32.2. The zero-order chi connectivity index (χ0) is 20.5. The molecule has 0 fully saturated rings. The monoisotopic (exact) mass is 396 g/mol. The highest BCUT2D eigenvalue weighted by atomic mass is 16.5. The van der Waals surface area contributed by atoms with Gasteiger partial charge >= 0.3 is 5.97 Å². The minimum absolute atomic E-state index is 0.175. The average Bonchev–Trinajstić information content (AvgIpc) is 3.24. The Hall–Kier alpha value is -3.75. The number of rotatable bonds is 9. The molecule has 0 bridgehead atoms. The Labute approximate surface area is 167 Å². The number of methoxy groups -OCH3 is 1. The number of aryl methyl sites for hydroxylation is 1. The minimum atomic E-state index is -0.533. The van der Waals surface area contributed by atoms with Crippen LogP contribution >= 0.6 is 0 Å². The normalized spacial score (nSPS) is 10.4. The van der Waals surface area contributed by atoms with E-state index in [0.717, 1.165) is 5.56 Å². The molecule has 2 aromatic heterocycles. The van der Waals surface area contributed by atoms with Gasteiger partial charge < -0.3 is 19.3 Å². The number of amides is 1. The third-order valence-corrected chi connectivity index (χ3v) is 3.93. The Balaban J connectivity index is 1.37. The molecule has 0 aliphatic heterocycles. The van der Waals surface area contributed by atoms with Crippen LogP contribution in [0.4, 0.5) is 0 Å². The van der Waals surface area contributed by atoms with Crippen LogP contribution in [-0.4, -0.2) is 47.3 Å². The van der Waals surface area contributed by atoms with Gasteiger partial charge in [0.25, 0.3) is 5.91 Å². The molecule has 1 N–H and O–H groups in total. The van der Waals surface area contributed by atoms with Gasteiger partial charge in [-0.1, -0.05) is 17.3 Å². The summed E-state index contributed by atoms with van der Waals surface area (Å²) in [6, 6.07) is 10.4. The Morgan fingerprint density at radius 3 is 2.83 bits per heavy atom. The van der Waals surface area contributed by atoms with Crippen LogP contribution in [0.15, 0.2) is 53.3 Å². The molecule has 0 aliphatic carbocycles. The maximum Gasteiger partial charge on any atom is 0.325 e. The molecule has 3 aromatic rings. The van der Waals surface area contributed by atoms with Gasteiger partial charge in [-0.2, -0.15) is 4.98 Å². The van der Waals surface area contributed by atoms with Crippen LogP contribution in [0.1, 0.15) is 22.7 Å². The second-order valence-electron chi connectivity index (χ2n) is 5.96. The maximum atomic E-state index is 12.1. The smallest absolute Gasteiger partial charge is 0.325 e. The molecule has 0 atom stereocenters. The second kappa shape index (κ2) is 9.98. The van der Waals surface area contributed by atoms with Gasteiger partial charge in [0.2, 0.25) is 11.7 Å². The number of hydrogen-bond acceptors (Lipinski definition) is 8. The maximum absolute atomic E-state index is 12.1. The lowest BCUT2D eigenvalue weighted by atomic mass is 10.2. The highest BCUT2D eigenvalue weighted by molar-refractivity contribution is 5.98. The van der Waals surface area contributed by atoms with E-state index in [1.54, 1.807) is 42.7 Å². The van der Waals surface area contributed by atoms with Gasteiger partial charge in [0.05, 0.1) is 19.3 Å². The van der Waals surface area contributed by atoms with E-state index >= 15 is 0 Å². The Kier molecular flexibility index (Phi) is 6.88. The molecule has 0 saturated carbocycles. The first-order valence-electron chi connectivity index (χ1n) is 8.97. The number of pyridine rings is 1. The van der Waals surface area contributed by atoms with Crippen molar-refractivity contribution < 1.29 is 23.6 Å². The third kappa shape index (κ3) is 5.61. The zero-order valence-corrected chi connectivity index (χ0v) is 15.8. The van der Waals surface area contributed by atoms with E-state index < -0.39 is 11.9 Å². The Bertz CT molecular complexity index is 958. The van der Waals surface area contributed by atoms with E-state index in [9.17, 15) is 9.59 Å². The van der Waals surface area contributed by atoms with Gasteiger partial charge in [0, 0.05) is 24.4 Å². The van der Waals surface area contributed by atoms with E-state index in [4.69, 9.17) is 14.0 Å². The number of nitrogens with zero attached hydrogens (tertiary/aromatic N) is 3. The molecule has 0 unspecified atom stereocenters. The number of ether oxygens (including phenoxy) is 2. The fraction of sp³-hybridized carbons (Fsp3) is 0.250. The molecule has 9 heteroatoms. The van der Waals surface area contributed by atoms with Gasteiger partial charge in [-0.05, 0) is 30.7 Å². The lowest BCUT2D eigenvalue weighted by Gasteiger charge is -2.09. The Morgan fingerprint density at radius 1 is 1.17 bits per heavy atom. The van der Waals surface area contributed by atoms with Gasteiger partial charge in [-0.15, -0.1) is 0 Å².